The van der Waals surface area contributed by atoms with Crippen molar-refractivity contribution < 1.29 is 38.2 Å². The Labute approximate surface area is 305 Å². The minimum atomic E-state index is -1.14. The van der Waals surface area contributed by atoms with Gasteiger partial charge in [0.1, 0.15) is 12.6 Å². The van der Waals surface area contributed by atoms with Crippen molar-refractivity contribution in [3.63, 3.8) is 0 Å². The zero-order valence-corrected chi connectivity index (χ0v) is 32.3. The molecule has 286 valence electrons. The van der Waals surface area contributed by atoms with E-state index in [4.69, 9.17) is 14.2 Å². The number of carboxylic acid groups (broad SMARTS) is 1. The lowest BCUT2D eigenvalue weighted by molar-refractivity contribution is -0.889. The minimum absolute atomic E-state index is 0.0183. The molecule has 2 atom stereocenters. The highest BCUT2D eigenvalue weighted by molar-refractivity contribution is 5.70. The van der Waals surface area contributed by atoms with Crippen molar-refractivity contribution in [2.24, 2.45) is 0 Å². The molecule has 0 amide bonds. The van der Waals surface area contributed by atoms with E-state index in [2.05, 4.69) is 62.5 Å². The van der Waals surface area contributed by atoms with Crippen molar-refractivity contribution in [2.75, 3.05) is 41.0 Å². The molecule has 8 nitrogen and oxygen atoms in total. The largest absolute Gasteiger partial charge is 0.544 e. The van der Waals surface area contributed by atoms with Crippen LogP contribution in [0.1, 0.15) is 136 Å². The molecule has 0 N–H and O–H groups in total. The Morgan fingerprint density at radius 1 is 0.600 bits per heavy atom. The van der Waals surface area contributed by atoms with Crippen LogP contribution in [0.2, 0.25) is 0 Å². The average molecular weight is 702 g/mol. The van der Waals surface area contributed by atoms with E-state index in [1.807, 2.05) is 12.2 Å². The van der Waals surface area contributed by atoms with Crippen molar-refractivity contribution >= 4 is 17.9 Å². The van der Waals surface area contributed by atoms with Gasteiger partial charge >= 0.3 is 11.9 Å². The van der Waals surface area contributed by atoms with Crippen molar-refractivity contribution in [2.45, 2.75) is 148 Å². The summed E-state index contributed by atoms with van der Waals surface area (Å²) in [5.74, 6) is -1.85. The summed E-state index contributed by atoms with van der Waals surface area (Å²) in [5.41, 5.74) is 0. The molecule has 0 aliphatic rings. The number of likely N-dealkylation sites (N-methyl/N-ethyl adjacent to an activating group) is 1. The molecule has 0 saturated carbocycles. The number of quaternary nitrogens is 1. The Bertz CT molecular complexity index is 1010. The molecule has 0 bridgehead atoms. The monoisotopic (exact) mass is 702 g/mol. The summed E-state index contributed by atoms with van der Waals surface area (Å²) in [6, 6.07) is -0.734. The van der Waals surface area contributed by atoms with Gasteiger partial charge in [0.05, 0.1) is 40.3 Å². The van der Waals surface area contributed by atoms with E-state index in [0.717, 1.165) is 57.8 Å². The van der Waals surface area contributed by atoms with E-state index in [0.29, 0.717) is 12.8 Å². The van der Waals surface area contributed by atoms with Gasteiger partial charge in [-0.1, -0.05) is 120 Å². The van der Waals surface area contributed by atoms with Gasteiger partial charge in [0.15, 0.2) is 6.10 Å². The summed E-state index contributed by atoms with van der Waals surface area (Å²) < 4.78 is 16.9. The maximum Gasteiger partial charge on any atom is 0.306 e. The Hall–Kier alpha value is -2.97. The zero-order chi connectivity index (χ0) is 37.1. The van der Waals surface area contributed by atoms with Crippen molar-refractivity contribution in [3.8, 4) is 0 Å². The van der Waals surface area contributed by atoms with Gasteiger partial charge in [-0.25, -0.2) is 0 Å². The summed E-state index contributed by atoms with van der Waals surface area (Å²) in [5, 5.41) is 11.6. The summed E-state index contributed by atoms with van der Waals surface area (Å²) in [7, 11) is 5.37. The van der Waals surface area contributed by atoms with Crippen LogP contribution in [0, 0.1) is 0 Å². The number of unbranched alkanes of at least 4 members (excludes halogenated alkanes) is 9. The van der Waals surface area contributed by atoms with Crippen LogP contribution in [-0.4, -0.2) is 75.5 Å². The predicted octanol–water partition coefficient (Wildman–Crippen LogP) is 8.52. The fraction of sp³-hybridized carbons (Fsp3) is 0.690. The Morgan fingerprint density at radius 2 is 1.10 bits per heavy atom. The molecule has 0 aromatic heterocycles. The third-order valence-electron chi connectivity index (χ3n) is 8.16. The van der Waals surface area contributed by atoms with Crippen molar-refractivity contribution in [3.05, 3.63) is 60.8 Å². The maximum absolute atomic E-state index is 12.6. The molecule has 0 aromatic rings. The first-order valence-corrected chi connectivity index (χ1v) is 19.3. The van der Waals surface area contributed by atoms with Gasteiger partial charge in [-0.3, -0.25) is 9.59 Å². The number of esters is 2. The SMILES string of the molecule is CC/C=C/C/C=C/C/C=C/CCCCCCCCCCCC(=O)OC(COCCC(C(=O)[O-])[N+](C)(C)C)COC(=O)CC/C=C/C/C=C/CC. The number of hydrogen-bond acceptors (Lipinski definition) is 7. The first-order valence-electron chi connectivity index (χ1n) is 19.3. The summed E-state index contributed by atoms with van der Waals surface area (Å²) >= 11 is 0. The Kier molecular flexibility index (Phi) is 31.2. The second-order valence-corrected chi connectivity index (χ2v) is 13.7. The lowest BCUT2D eigenvalue weighted by Gasteiger charge is -2.34. The molecule has 8 heteroatoms. The molecule has 0 rings (SSSR count). The smallest absolute Gasteiger partial charge is 0.306 e. The zero-order valence-electron chi connectivity index (χ0n) is 32.3. The molecule has 0 saturated heterocycles. The fourth-order valence-corrected chi connectivity index (χ4v) is 5.20. The number of rotatable bonds is 33. The maximum atomic E-state index is 12.6. The van der Waals surface area contributed by atoms with Gasteiger partial charge < -0.3 is 28.6 Å². The number of aliphatic carboxylic acids is 1. The van der Waals surface area contributed by atoms with Crippen molar-refractivity contribution in [1.82, 2.24) is 0 Å². The molecule has 2 unspecified atom stereocenters. The van der Waals surface area contributed by atoms with Crippen LogP contribution in [0.15, 0.2) is 60.8 Å². The number of ether oxygens (including phenoxy) is 3. The van der Waals surface area contributed by atoms with Crippen LogP contribution < -0.4 is 5.11 Å². The minimum Gasteiger partial charge on any atom is -0.544 e. The van der Waals surface area contributed by atoms with Gasteiger partial charge in [-0.05, 0) is 57.8 Å². The second kappa shape index (κ2) is 33.2. The van der Waals surface area contributed by atoms with Gasteiger partial charge in [-0.2, -0.15) is 0 Å². The molecule has 0 aromatic carbocycles. The normalized spacial score (nSPS) is 13.7. The number of carbonyl (C=O) groups excluding carboxylic acids is 3. The quantitative estimate of drug-likeness (QED) is 0.0293. The van der Waals surface area contributed by atoms with E-state index < -0.39 is 18.1 Å². The molecule has 0 heterocycles. The van der Waals surface area contributed by atoms with Gasteiger partial charge in [0.2, 0.25) is 0 Å². The fourth-order valence-electron chi connectivity index (χ4n) is 5.20. The van der Waals surface area contributed by atoms with Crippen LogP contribution in [0.4, 0.5) is 0 Å². The number of hydrogen-bond donors (Lipinski definition) is 0. The number of allylic oxidation sites excluding steroid dienone is 10. The molecule has 0 aliphatic heterocycles. The van der Waals surface area contributed by atoms with Crippen LogP contribution in [0.25, 0.3) is 0 Å². The summed E-state index contributed by atoms with van der Waals surface area (Å²) in [6.07, 6.45) is 38.6. The van der Waals surface area contributed by atoms with E-state index in [-0.39, 0.29) is 49.1 Å². The van der Waals surface area contributed by atoms with Gasteiger partial charge in [0.25, 0.3) is 0 Å². The number of nitrogens with zero attached hydrogens (tertiary/aromatic N) is 1. The van der Waals surface area contributed by atoms with Crippen molar-refractivity contribution in [1.29, 1.82) is 0 Å². The Balaban J connectivity index is 4.33. The summed E-state index contributed by atoms with van der Waals surface area (Å²) in [6.45, 7) is 4.31. The van der Waals surface area contributed by atoms with Crippen LogP contribution in [0.3, 0.4) is 0 Å². The first-order chi connectivity index (χ1) is 24.1. The first kappa shape index (κ1) is 47.0. The molecule has 0 radical (unpaired) electrons. The molecule has 0 spiro atoms. The Morgan fingerprint density at radius 3 is 1.64 bits per heavy atom. The molecular formula is C42H71NO7. The standard InChI is InChI=1S/C42H71NO7/c1-6-8-10-12-14-15-16-17-18-19-20-21-22-23-24-25-27-29-31-33-41(45)50-38(36-48-35-34-39(42(46)47)43(3,4)5)37-49-40(44)32-30-28-26-13-11-9-7-2/h8-11,14-15,17-18,26,28,38-39H,6-7,12-13,16,19-25,27,29-37H2,1-5H3/b10-8+,11-9+,15-14+,18-17+,28-26+. The molecular weight excluding hydrogens is 630 g/mol. The average Bonchev–Trinajstić information content (AvgIpc) is 3.06. The number of carboxylic acids is 1. The highest BCUT2D eigenvalue weighted by Gasteiger charge is 2.25. The van der Waals surface area contributed by atoms with Crippen LogP contribution >= 0.6 is 0 Å². The van der Waals surface area contributed by atoms with E-state index in [1.54, 1.807) is 21.1 Å². The van der Waals surface area contributed by atoms with Gasteiger partial charge in [0, 0.05) is 19.3 Å². The van der Waals surface area contributed by atoms with E-state index >= 15 is 0 Å². The highest BCUT2D eigenvalue weighted by atomic mass is 16.6. The summed E-state index contributed by atoms with van der Waals surface area (Å²) in [4.78, 5) is 36.5. The molecule has 50 heavy (non-hydrogen) atoms. The van der Waals surface area contributed by atoms with Gasteiger partial charge in [-0.15, -0.1) is 0 Å². The number of carbonyl (C=O) groups is 3. The second-order valence-electron chi connectivity index (χ2n) is 13.7. The lowest BCUT2D eigenvalue weighted by Crippen LogP contribution is -2.55. The predicted molar refractivity (Wildman–Crippen MR) is 203 cm³/mol. The highest BCUT2D eigenvalue weighted by Crippen LogP contribution is 2.13. The van der Waals surface area contributed by atoms with E-state index in [1.165, 1.54) is 38.5 Å². The molecule has 0 aliphatic carbocycles. The van der Waals surface area contributed by atoms with Crippen LogP contribution in [0.5, 0.6) is 0 Å². The van der Waals surface area contributed by atoms with Crippen LogP contribution in [-0.2, 0) is 28.6 Å². The third-order valence-corrected chi connectivity index (χ3v) is 8.16. The van der Waals surface area contributed by atoms with E-state index in [9.17, 15) is 19.5 Å². The third kappa shape index (κ3) is 31.0. The lowest BCUT2D eigenvalue weighted by atomic mass is 10.1. The molecule has 0 fully saturated rings. The topological polar surface area (TPSA) is 102 Å².